The van der Waals surface area contributed by atoms with Gasteiger partial charge in [-0.25, -0.2) is 8.78 Å². The van der Waals surface area contributed by atoms with E-state index in [1.54, 1.807) is 0 Å². The van der Waals surface area contributed by atoms with Crippen molar-refractivity contribution in [2.24, 2.45) is 0 Å². The van der Waals surface area contributed by atoms with Gasteiger partial charge in [0.1, 0.15) is 17.1 Å². The minimum absolute atomic E-state index is 0.0962. The Kier molecular flexibility index (Phi) is 4.33. The number of alkyl halides is 6. The van der Waals surface area contributed by atoms with Gasteiger partial charge >= 0.3 is 11.2 Å². The lowest BCUT2D eigenvalue weighted by Crippen LogP contribution is -2.38. The number of benzene rings is 1. The molecule has 0 saturated heterocycles. The molecule has 0 radical (unpaired) electrons. The highest BCUT2D eigenvalue weighted by Crippen LogP contribution is 2.59. The minimum Gasteiger partial charge on any atom is -0.606 e. The van der Waals surface area contributed by atoms with Gasteiger partial charge in [0.2, 0.25) is 0 Å². The molecule has 3 nitrogen and oxygen atoms in total. The SMILES string of the molecule is [O-][S+]1c2c(ccc(Oc3cncc(Cl)c3)c2C(F)F)C(F)(F)C1(F)F. The Bertz CT molecular complexity index is 835. The highest BCUT2D eigenvalue weighted by Gasteiger charge is 2.75. The molecule has 11 heteroatoms. The number of nitrogens with zero attached hydrogens (tertiary/aromatic N) is 1. The van der Waals surface area contributed by atoms with Gasteiger partial charge in [0.25, 0.3) is 6.43 Å². The summed E-state index contributed by atoms with van der Waals surface area (Å²) in [5, 5.41) is -4.91. The zero-order valence-corrected chi connectivity index (χ0v) is 13.4. The van der Waals surface area contributed by atoms with Crippen molar-refractivity contribution in [1.29, 1.82) is 0 Å². The lowest BCUT2D eigenvalue weighted by Gasteiger charge is -2.17. The number of pyridine rings is 1. The maximum absolute atomic E-state index is 13.8. The molecule has 3 rings (SSSR count). The van der Waals surface area contributed by atoms with E-state index in [2.05, 4.69) is 4.98 Å². The van der Waals surface area contributed by atoms with E-state index in [4.69, 9.17) is 16.3 Å². The zero-order chi connectivity index (χ0) is 18.6. The zero-order valence-electron chi connectivity index (χ0n) is 11.8. The van der Waals surface area contributed by atoms with Crippen LogP contribution < -0.4 is 4.74 Å². The fourth-order valence-electron chi connectivity index (χ4n) is 2.30. The molecule has 1 aromatic carbocycles. The number of fused-ring (bicyclic) bond motifs is 1. The van der Waals surface area contributed by atoms with Crippen molar-refractivity contribution in [1.82, 2.24) is 4.98 Å². The Balaban J connectivity index is 2.17. The van der Waals surface area contributed by atoms with E-state index in [9.17, 15) is 30.9 Å². The van der Waals surface area contributed by atoms with Crippen molar-refractivity contribution in [2.75, 3.05) is 0 Å². The summed E-state index contributed by atoms with van der Waals surface area (Å²) in [5.41, 5.74) is -2.70. The minimum atomic E-state index is -5.00. The summed E-state index contributed by atoms with van der Waals surface area (Å²) in [7, 11) is 0. The summed E-state index contributed by atoms with van der Waals surface area (Å²) < 4.78 is 98.4. The highest BCUT2D eigenvalue weighted by atomic mass is 35.5. The van der Waals surface area contributed by atoms with Gasteiger partial charge in [-0.3, -0.25) is 4.98 Å². The van der Waals surface area contributed by atoms with Crippen LogP contribution in [0.5, 0.6) is 11.5 Å². The van der Waals surface area contributed by atoms with Crippen LogP contribution in [0, 0.1) is 0 Å². The van der Waals surface area contributed by atoms with Gasteiger partial charge in [0.05, 0.1) is 28.0 Å². The van der Waals surface area contributed by atoms with Crippen molar-refractivity contribution in [3.8, 4) is 11.5 Å². The van der Waals surface area contributed by atoms with Gasteiger partial charge in [-0.05, 0) is 12.1 Å². The Morgan fingerprint density at radius 1 is 1.16 bits per heavy atom. The average Bonchev–Trinajstić information content (AvgIpc) is 2.65. The first kappa shape index (κ1) is 18.2. The molecular weight excluding hydrogens is 396 g/mol. The van der Waals surface area contributed by atoms with Crippen molar-refractivity contribution < 1.29 is 35.6 Å². The molecule has 0 fully saturated rings. The average molecular weight is 402 g/mol. The normalized spacial score (nSPS) is 20.6. The molecule has 0 N–H and O–H groups in total. The Hall–Kier alpha value is -1.65. The summed E-state index contributed by atoms with van der Waals surface area (Å²) in [4.78, 5) is 2.32. The largest absolute Gasteiger partial charge is 0.606 e. The number of hydrogen-bond acceptors (Lipinski definition) is 3. The molecule has 2 heterocycles. The summed E-state index contributed by atoms with van der Waals surface area (Å²) in [5.74, 6) is -5.66. The van der Waals surface area contributed by atoms with Gasteiger partial charge in [0, 0.05) is 12.3 Å². The Morgan fingerprint density at radius 2 is 1.84 bits per heavy atom. The maximum atomic E-state index is 13.8. The van der Waals surface area contributed by atoms with E-state index >= 15 is 0 Å². The topological polar surface area (TPSA) is 45.2 Å². The molecule has 0 amide bonds. The van der Waals surface area contributed by atoms with Crippen molar-refractivity contribution in [2.45, 2.75) is 22.5 Å². The Labute approximate surface area is 144 Å². The van der Waals surface area contributed by atoms with Crippen LogP contribution in [0.4, 0.5) is 26.3 Å². The quantitative estimate of drug-likeness (QED) is 0.520. The monoisotopic (exact) mass is 401 g/mol. The highest BCUT2D eigenvalue weighted by molar-refractivity contribution is 7.93. The molecule has 0 spiro atoms. The van der Waals surface area contributed by atoms with E-state index in [1.807, 2.05) is 0 Å². The number of rotatable bonds is 3. The molecule has 2 aromatic rings. The number of halogens is 7. The molecule has 0 bridgehead atoms. The second-order valence-electron chi connectivity index (χ2n) is 4.96. The third kappa shape index (κ3) is 2.72. The van der Waals surface area contributed by atoms with Gasteiger partial charge in [-0.2, -0.15) is 8.78 Å². The lowest BCUT2D eigenvalue weighted by atomic mass is 10.0. The van der Waals surface area contributed by atoms with E-state index < -0.39 is 50.6 Å². The Morgan fingerprint density at radius 3 is 2.44 bits per heavy atom. The summed E-state index contributed by atoms with van der Waals surface area (Å²) in [6, 6.07) is 2.37. The predicted molar refractivity (Wildman–Crippen MR) is 76.0 cm³/mol. The van der Waals surface area contributed by atoms with E-state index in [-0.39, 0.29) is 10.8 Å². The second kappa shape index (κ2) is 5.96. The van der Waals surface area contributed by atoms with Crippen LogP contribution in [0.2, 0.25) is 5.02 Å². The van der Waals surface area contributed by atoms with Gasteiger partial charge in [0.15, 0.2) is 4.90 Å². The van der Waals surface area contributed by atoms with Crippen LogP contribution in [-0.4, -0.2) is 14.8 Å². The molecule has 0 aliphatic carbocycles. The van der Waals surface area contributed by atoms with Crippen molar-refractivity contribution >= 4 is 22.8 Å². The molecule has 1 aromatic heterocycles. The van der Waals surface area contributed by atoms with Crippen molar-refractivity contribution in [3.63, 3.8) is 0 Å². The molecular formula is C14H6ClF6NO2S. The molecule has 0 saturated carbocycles. The standard InChI is InChI=1S/C14H6ClF6NO2S/c15-6-3-7(5-22-4-6)24-9-2-1-8-11(10(9)12(16)17)25(23)14(20,21)13(8,18)19/h1-5,12H. The number of aromatic nitrogens is 1. The van der Waals surface area contributed by atoms with Gasteiger partial charge < -0.3 is 9.29 Å². The fraction of sp³-hybridized carbons (Fsp3) is 0.214. The molecule has 1 aliphatic rings. The third-order valence-electron chi connectivity index (χ3n) is 3.40. The summed E-state index contributed by atoms with van der Waals surface area (Å²) in [6.07, 6.45) is -1.17. The van der Waals surface area contributed by atoms with Crippen molar-refractivity contribution in [3.05, 3.63) is 46.7 Å². The summed E-state index contributed by atoms with van der Waals surface area (Å²) >= 11 is 2.00. The van der Waals surface area contributed by atoms with E-state index in [1.165, 1.54) is 12.3 Å². The molecule has 134 valence electrons. The first-order chi connectivity index (χ1) is 11.6. The van der Waals surface area contributed by atoms with E-state index in [0.29, 0.717) is 12.1 Å². The van der Waals surface area contributed by atoms with Crippen LogP contribution in [-0.2, 0) is 17.1 Å². The molecule has 1 aliphatic heterocycles. The van der Waals surface area contributed by atoms with Gasteiger partial charge in [-0.15, -0.1) is 8.78 Å². The smallest absolute Gasteiger partial charge is 0.481 e. The molecule has 1 unspecified atom stereocenters. The summed E-state index contributed by atoms with van der Waals surface area (Å²) in [6.45, 7) is 0. The number of hydrogen-bond donors (Lipinski definition) is 0. The van der Waals surface area contributed by atoms with Crippen LogP contribution in [0.15, 0.2) is 35.5 Å². The lowest BCUT2D eigenvalue weighted by molar-refractivity contribution is -0.158. The van der Waals surface area contributed by atoms with Crippen LogP contribution in [0.25, 0.3) is 0 Å². The van der Waals surface area contributed by atoms with E-state index in [0.717, 1.165) is 6.20 Å². The molecule has 1 atom stereocenters. The van der Waals surface area contributed by atoms with Crippen LogP contribution in [0.3, 0.4) is 0 Å². The predicted octanol–water partition coefficient (Wildman–Crippen LogP) is 5.27. The number of ether oxygens (including phenoxy) is 1. The molecule has 25 heavy (non-hydrogen) atoms. The second-order valence-corrected chi connectivity index (χ2v) is 6.85. The van der Waals surface area contributed by atoms with Crippen LogP contribution >= 0.6 is 11.6 Å². The maximum Gasteiger partial charge on any atom is 0.481 e. The van der Waals surface area contributed by atoms with Gasteiger partial charge in [-0.1, -0.05) is 11.6 Å². The fourth-order valence-corrected chi connectivity index (χ4v) is 3.85. The first-order valence-electron chi connectivity index (χ1n) is 6.48. The third-order valence-corrected chi connectivity index (χ3v) is 5.14. The van der Waals surface area contributed by atoms with Crippen LogP contribution in [0.1, 0.15) is 17.6 Å². The first-order valence-corrected chi connectivity index (χ1v) is 8.01.